The van der Waals surface area contributed by atoms with E-state index in [1.54, 1.807) is 30.3 Å². The maximum Gasteiger partial charge on any atom is 0.276 e. The van der Waals surface area contributed by atoms with Crippen molar-refractivity contribution in [2.24, 2.45) is 0 Å². The number of rotatable bonds is 15. The number of carbonyl (C=O) groups is 3. The summed E-state index contributed by atoms with van der Waals surface area (Å²) in [5.41, 5.74) is 4.46. The fraction of sp³-hybridized carbons (Fsp3) is 0.163. The Morgan fingerprint density at radius 2 is 1.31 bits per heavy atom. The van der Waals surface area contributed by atoms with Gasteiger partial charge in [0.1, 0.15) is 23.0 Å². The second kappa shape index (κ2) is 18.0. The van der Waals surface area contributed by atoms with E-state index in [0.717, 1.165) is 38.1 Å². The highest BCUT2D eigenvalue weighted by atomic mass is 19.1. The number of aromatic nitrogens is 1. The summed E-state index contributed by atoms with van der Waals surface area (Å²) in [6.45, 7) is 0. The number of anilines is 1. The first kappa shape index (κ1) is 40.2. The van der Waals surface area contributed by atoms with Crippen molar-refractivity contribution in [2.45, 2.75) is 30.8 Å². The van der Waals surface area contributed by atoms with Crippen LogP contribution in [-0.4, -0.2) is 54.9 Å². The first-order valence-electron chi connectivity index (χ1n) is 19.3. The molecule has 0 aliphatic heterocycles. The number of hydrogen-bond donors (Lipinski definition) is 3. The zero-order valence-electron chi connectivity index (χ0n) is 33.1. The highest BCUT2D eigenvalue weighted by Gasteiger charge is 2.40. The van der Waals surface area contributed by atoms with Gasteiger partial charge in [0.15, 0.2) is 0 Å². The molecule has 0 saturated carbocycles. The monoisotopic (exact) mass is 788 g/mol. The summed E-state index contributed by atoms with van der Waals surface area (Å²) in [5.74, 6) is -0.844. The summed E-state index contributed by atoms with van der Waals surface area (Å²) in [6, 6.07) is 47.3. The second-order valence-electron chi connectivity index (χ2n) is 14.2. The molecule has 3 amide bonds. The third kappa shape index (κ3) is 8.63. The number of para-hydroxylation sites is 1. The number of hydrogen-bond acceptors (Lipinski definition) is 6. The van der Waals surface area contributed by atoms with Crippen molar-refractivity contribution in [3.05, 3.63) is 197 Å². The number of aromatic amines is 1. The zero-order chi connectivity index (χ0) is 41.4. The summed E-state index contributed by atoms with van der Waals surface area (Å²) in [6.07, 6.45) is 0.191. The van der Waals surface area contributed by atoms with Crippen molar-refractivity contribution >= 4 is 34.3 Å². The van der Waals surface area contributed by atoms with Crippen LogP contribution in [0.15, 0.2) is 158 Å². The molecule has 0 aliphatic rings. The molecule has 0 saturated heterocycles. The molecule has 6 aromatic carbocycles. The Morgan fingerprint density at radius 3 is 1.88 bits per heavy atom. The quantitative estimate of drug-likeness (QED) is 0.0896. The summed E-state index contributed by atoms with van der Waals surface area (Å²) < 4.78 is 24.8. The summed E-state index contributed by atoms with van der Waals surface area (Å²) in [4.78, 5) is 47.5. The van der Waals surface area contributed by atoms with E-state index in [4.69, 9.17) is 9.47 Å². The third-order valence-corrected chi connectivity index (χ3v) is 10.6. The molecule has 1 atom stereocenters. The van der Waals surface area contributed by atoms with Crippen LogP contribution in [0.5, 0.6) is 11.5 Å². The molecular formula is C49H45FN4O5. The Labute approximate surface area is 342 Å². The van der Waals surface area contributed by atoms with Gasteiger partial charge < -0.3 is 19.8 Å². The Morgan fingerprint density at radius 1 is 0.729 bits per heavy atom. The van der Waals surface area contributed by atoms with E-state index in [2.05, 4.69) is 15.6 Å². The second-order valence-corrected chi connectivity index (χ2v) is 14.2. The van der Waals surface area contributed by atoms with Crippen LogP contribution in [0.3, 0.4) is 0 Å². The number of methoxy groups -OCH3 is 2. The lowest BCUT2D eigenvalue weighted by atomic mass is 9.76. The summed E-state index contributed by atoms with van der Waals surface area (Å²) >= 11 is 0. The summed E-state index contributed by atoms with van der Waals surface area (Å²) in [7, 11) is 4.50. The zero-order valence-corrected chi connectivity index (χ0v) is 33.1. The van der Waals surface area contributed by atoms with E-state index in [-0.39, 0.29) is 24.4 Å². The molecule has 59 heavy (non-hydrogen) atoms. The van der Waals surface area contributed by atoms with E-state index >= 15 is 0 Å². The molecule has 7 rings (SSSR count). The van der Waals surface area contributed by atoms with Gasteiger partial charge in [0, 0.05) is 36.9 Å². The van der Waals surface area contributed by atoms with Crippen LogP contribution in [0.4, 0.5) is 10.1 Å². The van der Waals surface area contributed by atoms with Gasteiger partial charge >= 0.3 is 0 Å². The molecule has 298 valence electrons. The minimum atomic E-state index is -1.06. The number of nitrogens with zero attached hydrogens (tertiary/aromatic N) is 1. The molecular weight excluding hydrogens is 744 g/mol. The minimum Gasteiger partial charge on any atom is -0.497 e. The van der Waals surface area contributed by atoms with Crippen LogP contribution in [-0.2, 0) is 21.5 Å². The molecule has 1 aromatic heterocycles. The smallest absolute Gasteiger partial charge is 0.276 e. The van der Waals surface area contributed by atoms with Crippen molar-refractivity contribution in [3.8, 4) is 11.5 Å². The van der Waals surface area contributed by atoms with E-state index in [9.17, 15) is 18.8 Å². The van der Waals surface area contributed by atoms with Crippen molar-refractivity contribution < 1.29 is 28.2 Å². The number of ether oxygens (including phenoxy) is 2. The molecule has 3 N–H and O–H groups in total. The van der Waals surface area contributed by atoms with Crippen LogP contribution in [0.25, 0.3) is 10.9 Å². The van der Waals surface area contributed by atoms with Gasteiger partial charge in [-0.3, -0.25) is 24.6 Å². The molecule has 9 nitrogen and oxygen atoms in total. The number of imide groups is 1. The molecule has 10 heteroatoms. The van der Waals surface area contributed by atoms with E-state index in [1.165, 1.54) is 33.4 Å². The van der Waals surface area contributed by atoms with Gasteiger partial charge in [-0.15, -0.1) is 0 Å². The number of H-pyrrole nitrogens is 1. The van der Waals surface area contributed by atoms with E-state index in [1.807, 2.05) is 115 Å². The highest BCUT2D eigenvalue weighted by Crippen LogP contribution is 2.38. The number of halogens is 1. The van der Waals surface area contributed by atoms with Crippen LogP contribution in [0.2, 0.25) is 0 Å². The maximum atomic E-state index is 14.7. The normalized spacial score (nSPS) is 11.8. The molecule has 0 radical (unpaired) electrons. The van der Waals surface area contributed by atoms with Crippen LogP contribution >= 0.6 is 0 Å². The van der Waals surface area contributed by atoms with Crippen molar-refractivity contribution in [1.82, 2.24) is 15.2 Å². The van der Waals surface area contributed by atoms with Gasteiger partial charge in [-0.2, -0.15) is 0 Å². The van der Waals surface area contributed by atoms with Gasteiger partial charge in [0.05, 0.1) is 31.5 Å². The van der Waals surface area contributed by atoms with Gasteiger partial charge in [0.25, 0.3) is 5.91 Å². The van der Waals surface area contributed by atoms with E-state index in [0.29, 0.717) is 29.2 Å². The number of benzene rings is 6. The average molecular weight is 789 g/mol. The van der Waals surface area contributed by atoms with Gasteiger partial charge in [0.2, 0.25) is 11.8 Å². The molecule has 7 aromatic rings. The van der Waals surface area contributed by atoms with Crippen LogP contribution in [0.1, 0.15) is 51.1 Å². The Kier molecular flexibility index (Phi) is 12.3. The van der Waals surface area contributed by atoms with Crippen LogP contribution < -0.4 is 20.1 Å². The third-order valence-electron chi connectivity index (χ3n) is 10.6. The molecule has 0 fully saturated rings. The first-order valence-corrected chi connectivity index (χ1v) is 19.3. The number of carbonyl (C=O) groups excluding carboxylic acids is 3. The molecule has 0 aliphatic carbocycles. The van der Waals surface area contributed by atoms with Crippen LogP contribution in [0, 0.1) is 5.82 Å². The van der Waals surface area contributed by atoms with Gasteiger partial charge in [-0.25, -0.2) is 4.39 Å². The SMILES string of the molecule is COc1ccc(OC)c(NC(=O)[C@H](CCC(=O)N(C)C(=O)c2[nH]c3ccccc3c2Cc2ccc(F)cc2)NC(c2ccccc2)(c2ccccc2)c2ccccc2)c1. The molecule has 0 bridgehead atoms. The predicted molar refractivity (Wildman–Crippen MR) is 228 cm³/mol. The van der Waals surface area contributed by atoms with Crippen molar-refractivity contribution in [2.75, 3.05) is 26.6 Å². The molecule has 0 unspecified atom stereocenters. The highest BCUT2D eigenvalue weighted by molar-refractivity contribution is 6.08. The number of amides is 3. The lowest BCUT2D eigenvalue weighted by Gasteiger charge is -2.40. The standard InChI is InChI=1S/C49H45FN4O5/c1-54(48(57)46-40(31-33-23-25-37(50)26-24-33)39-21-13-14-22-41(39)51-46)45(55)30-28-42(47(56)52-43-32-38(58-2)27-29-44(43)59-3)53-49(34-15-7-4-8-16-34,35-17-9-5-10-18-35)36-19-11-6-12-20-36/h4-27,29,32,42,51,53H,28,30-31H2,1-3H3,(H,52,56)/t42-/m0/s1. The summed E-state index contributed by atoms with van der Waals surface area (Å²) in [5, 5.41) is 7.61. The lowest BCUT2D eigenvalue weighted by Crippen LogP contribution is -2.54. The maximum absolute atomic E-state index is 14.7. The van der Waals surface area contributed by atoms with Gasteiger partial charge in [-0.1, -0.05) is 121 Å². The fourth-order valence-corrected chi connectivity index (χ4v) is 7.57. The van der Waals surface area contributed by atoms with Gasteiger partial charge in [-0.05, 0) is 64.6 Å². The Hall–Kier alpha value is -7.04. The van der Waals surface area contributed by atoms with Crippen molar-refractivity contribution in [3.63, 3.8) is 0 Å². The predicted octanol–water partition coefficient (Wildman–Crippen LogP) is 8.88. The topological polar surface area (TPSA) is 113 Å². The number of nitrogens with one attached hydrogen (secondary N) is 3. The average Bonchev–Trinajstić information content (AvgIpc) is 3.65. The first-order chi connectivity index (χ1) is 28.7. The lowest BCUT2D eigenvalue weighted by molar-refractivity contribution is -0.128. The van der Waals surface area contributed by atoms with Crippen molar-refractivity contribution in [1.29, 1.82) is 0 Å². The number of fused-ring (bicyclic) bond motifs is 1. The molecule has 0 spiro atoms. The molecule has 1 heterocycles. The Bertz CT molecular complexity index is 2450. The largest absolute Gasteiger partial charge is 0.497 e. The fourth-order valence-electron chi connectivity index (χ4n) is 7.57. The van der Waals surface area contributed by atoms with E-state index < -0.39 is 29.3 Å². The minimum absolute atomic E-state index is 0.0119. The Balaban J connectivity index is 1.24.